The Morgan fingerprint density at radius 2 is 1.72 bits per heavy atom. The fraction of sp³-hybridized carbons (Fsp3) is 0.739. The Balaban J connectivity index is 1.22. The van der Waals surface area contributed by atoms with Crippen molar-refractivity contribution < 1.29 is 29.3 Å². The van der Waals surface area contributed by atoms with Gasteiger partial charge in [0.1, 0.15) is 17.9 Å². The molecule has 0 spiro atoms. The summed E-state index contributed by atoms with van der Waals surface area (Å²) in [5.74, 6) is 0.659. The molecule has 0 aliphatic heterocycles. The summed E-state index contributed by atoms with van der Waals surface area (Å²) in [5.41, 5.74) is 0.339. The van der Waals surface area contributed by atoms with Gasteiger partial charge in [0.15, 0.2) is 17.4 Å². The highest BCUT2D eigenvalue weighted by molar-refractivity contribution is 6.30. The van der Waals surface area contributed by atoms with Gasteiger partial charge in [0.05, 0.1) is 16.9 Å². The lowest BCUT2D eigenvalue weighted by Crippen LogP contribution is -2.66. The largest absolute Gasteiger partial charge is 0.481 e. The maximum Gasteiger partial charge on any atom is 0.309 e. The van der Waals surface area contributed by atoms with E-state index in [1.165, 1.54) is 5.57 Å². The van der Waals surface area contributed by atoms with Crippen LogP contribution in [0.4, 0.5) is 0 Å². The van der Waals surface area contributed by atoms with Crippen molar-refractivity contribution in [3.63, 3.8) is 0 Å². The number of ketones is 1. The van der Waals surface area contributed by atoms with Crippen LogP contribution >= 0.6 is 11.6 Å². The van der Waals surface area contributed by atoms with Crippen LogP contribution in [-0.4, -0.2) is 67.4 Å². The molecule has 12 heteroatoms. The maximum atomic E-state index is 14.4. The minimum atomic E-state index is -1.18. The lowest BCUT2D eigenvalue weighted by molar-refractivity contribution is -0.235. The maximum absolute atomic E-state index is 14.4. The smallest absolute Gasteiger partial charge is 0.309 e. The van der Waals surface area contributed by atoms with E-state index in [2.05, 4.69) is 69.0 Å². The summed E-state index contributed by atoms with van der Waals surface area (Å²) in [6.07, 6.45) is 7.69. The molecule has 2 aromatic rings. The number of hydrogen-bond donors (Lipinski definition) is 3. The van der Waals surface area contributed by atoms with Crippen molar-refractivity contribution in [2.75, 3.05) is 13.6 Å². The van der Waals surface area contributed by atoms with Gasteiger partial charge in [0.2, 0.25) is 0 Å². The fourth-order valence-corrected chi connectivity index (χ4v) is 13.8. The van der Waals surface area contributed by atoms with Crippen LogP contribution in [0.25, 0.3) is 11.5 Å². The SMILES string of the molecule is CNCCn1c(-c2ccc(Cl)cn2)nnc1[C@H](O)[C@@]12CC[C@]3(C)[C@H](CC[C@@H]4[C@@]5(C)CC[C@H](OC(=O)CC(C)(C)C(=O)O)C(C)(C)[C@@H]5CC[C@]43C)C1=C(C(C)C)C(=O)C2. The Bertz CT molecular complexity index is 1990. The number of likely N-dealkylation sites (N-methyl/N-ethyl adjacent to an activating group) is 1. The Morgan fingerprint density at radius 3 is 2.36 bits per heavy atom. The van der Waals surface area contributed by atoms with Crippen LogP contribution in [-0.2, 0) is 25.7 Å². The summed E-state index contributed by atoms with van der Waals surface area (Å²) in [6.45, 7) is 20.6. The molecule has 0 unspecified atom stereocenters. The van der Waals surface area contributed by atoms with Crippen LogP contribution in [0.3, 0.4) is 0 Å². The molecule has 2 aromatic heterocycles. The Labute approximate surface area is 349 Å². The van der Waals surface area contributed by atoms with E-state index in [4.69, 9.17) is 16.3 Å². The third-order valence-corrected chi connectivity index (χ3v) is 17.2. The first kappa shape index (κ1) is 43.0. The number of carbonyl (C=O) groups excluding carboxylic acids is 2. The van der Waals surface area contributed by atoms with Gasteiger partial charge < -0.3 is 24.8 Å². The van der Waals surface area contributed by atoms with E-state index in [9.17, 15) is 24.6 Å². The Kier molecular flexibility index (Phi) is 11.0. The number of esters is 1. The topological polar surface area (TPSA) is 157 Å². The summed E-state index contributed by atoms with van der Waals surface area (Å²) in [6, 6.07) is 3.60. The zero-order chi connectivity index (χ0) is 42.4. The lowest BCUT2D eigenvalue weighted by Gasteiger charge is -2.72. The number of aliphatic carboxylic acids is 1. The van der Waals surface area contributed by atoms with Gasteiger partial charge in [-0.3, -0.25) is 19.4 Å². The van der Waals surface area contributed by atoms with E-state index in [0.29, 0.717) is 53.7 Å². The standard InChI is InChI=1S/C46H66ClN5O6/c1-26(2)35-30(53)23-46(37(55)39-51-50-38(52(39)22-21-48-10)29-13-11-27(47)25-49-29)20-19-44(8)28(36(35)46)12-14-32-43(7)17-16-33(58-34(54)24-41(3,4)40(56)57)42(5,6)31(43)15-18-45(32,44)9/h11,13,25-26,28,31-33,37,48,55H,12,14-24H2,1-10H3,(H,56,57)/t28-,31+,32-,33+,37+,43+,44-,45-,46-/m1/s1. The predicted molar refractivity (Wildman–Crippen MR) is 222 cm³/mol. The number of carbonyl (C=O) groups is 3. The average molecular weight is 821 g/mol. The molecule has 0 bridgehead atoms. The number of aliphatic hydroxyl groups is 1. The number of aromatic nitrogens is 4. The van der Waals surface area contributed by atoms with Crippen LogP contribution in [0.2, 0.25) is 5.02 Å². The van der Waals surface area contributed by atoms with Gasteiger partial charge in [-0.2, -0.15) is 0 Å². The van der Waals surface area contributed by atoms with Gasteiger partial charge in [0.25, 0.3) is 0 Å². The van der Waals surface area contributed by atoms with Crippen molar-refractivity contribution in [2.24, 2.45) is 56.2 Å². The second-order valence-electron chi connectivity index (χ2n) is 21.0. The van der Waals surface area contributed by atoms with Gasteiger partial charge in [-0.25, -0.2) is 0 Å². The summed E-state index contributed by atoms with van der Waals surface area (Å²) in [4.78, 5) is 43.9. The molecule has 4 fully saturated rings. The monoisotopic (exact) mass is 819 g/mol. The zero-order valence-electron chi connectivity index (χ0n) is 36.4. The number of carboxylic acids is 1. The molecule has 3 N–H and O–H groups in total. The second kappa shape index (κ2) is 14.8. The van der Waals surface area contributed by atoms with Crippen LogP contribution in [0.1, 0.15) is 138 Å². The highest BCUT2D eigenvalue weighted by Gasteiger charge is 2.71. The number of hydrogen-bond acceptors (Lipinski definition) is 9. The van der Waals surface area contributed by atoms with Gasteiger partial charge in [0, 0.05) is 36.5 Å². The number of Topliss-reactive ketones (excluding diaryl/α,β-unsaturated/α-hetero) is 1. The number of carboxylic acid groups (broad SMARTS) is 1. The first-order chi connectivity index (χ1) is 27.1. The van der Waals surface area contributed by atoms with E-state index >= 15 is 0 Å². The van der Waals surface area contributed by atoms with Crippen molar-refractivity contribution in [3.8, 4) is 11.5 Å². The molecule has 58 heavy (non-hydrogen) atoms. The van der Waals surface area contributed by atoms with Crippen LogP contribution in [0, 0.1) is 56.2 Å². The number of allylic oxidation sites excluding steroid dienone is 1. The fourth-order valence-electron chi connectivity index (χ4n) is 13.7. The number of ether oxygens (including phenoxy) is 1. The first-order valence-electron chi connectivity index (χ1n) is 21.7. The molecule has 4 saturated carbocycles. The number of pyridine rings is 1. The molecule has 0 amide bonds. The minimum absolute atomic E-state index is 0.0123. The third-order valence-electron chi connectivity index (χ3n) is 17.0. The van der Waals surface area contributed by atoms with E-state index in [1.807, 2.05) is 17.7 Å². The van der Waals surface area contributed by atoms with Gasteiger partial charge in [-0.1, -0.05) is 60.1 Å². The zero-order valence-corrected chi connectivity index (χ0v) is 37.1. The highest BCUT2D eigenvalue weighted by atomic mass is 35.5. The number of fused-ring (bicyclic) bond motifs is 7. The van der Waals surface area contributed by atoms with Crippen molar-refractivity contribution in [3.05, 3.63) is 40.3 Å². The molecular formula is C46H66ClN5O6. The molecule has 318 valence electrons. The second-order valence-corrected chi connectivity index (χ2v) is 21.4. The first-order valence-corrected chi connectivity index (χ1v) is 22.0. The molecule has 0 radical (unpaired) electrons. The molecule has 5 aliphatic rings. The lowest BCUT2D eigenvalue weighted by atomic mass is 9.33. The van der Waals surface area contributed by atoms with Crippen molar-refractivity contribution in [1.29, 1.82) is 0 Å². The van der Waals surface area contributed by atoms with Gasteiger partial charge in [-0.15, -0.1) is 10.2 Å². The summed E-state index contributed by atoms with van der Waals surface area (Å²) in [7, 11) is 1.89. The van der Waals surface area contributed by atoms with Crippen molar-refractivity contribution in [2.45, 2.75) is 145 Å². The highest BCUT2D eigenvalue weighted by Crippen LogP contribution is 2.77. The van der Waals surface area contributed by atoms with Gasteiger partial charge in [-0.05, 0) is 135 Å². The average Bonchev–Trinajstić information content (AvgIpc) is 3.70. The number of aliphatic hydroxyl groups excluding tert-OH is 1. The van der Waals surface area contributed by atoms with Crippen LogP contribution < -0.4 is 5.32 Å². The summed E-state index contributed by atoms with van der Waals surface area (Å²) in [5, 5.41) is 35.6. The summed E-state index contributed by atoms with van der Waals surface area (Å²) < 4.78 is 8.16. The molecule has 0 saturated heterocycles. The molecule has 5 aliphatic carbocycles. The molecule has 11 nitrogen and oxygen atoms in total. The Hall–Kier alpha value is -3.15. The quantitative estimate of drug-likeness (QED) is 0.188. The number of nitrogens with zero attached hydrogens (tertiary/aromatic N) is 4. The minimum Gasteiger partial charge on any atom is -0.481 e. The van der Waals surface area contributed by atoms with Crippen LogP contribution in [0.15, 0.2) is 29.5 Å². The van der Waals surface area contributed by atoms with E-state index in [0.717, 1.165) is 50.5 Å². The molecule has 7 rings (SSSR count). The van der Waals surface area contributed by atoms with E-state index in [-0.39, 0.29) is 58.2 Å². The Morgan fingerprint density at radius 1 is 1.00 bits per heavy atom. The molecule has 0 aromatic carbocycles. The molecule has 2 heterocycles. The van der Waals surface area contributed by atoms with E-state index in [1.54, 1.807) is 26.1 Å². The van der Waals surface area contributed by atoms with E-state index < -0.39 is 28.9 Å². The number of halogens is 1. The van der Waals surface area contributed by atoms with Crippen LogP contribution in [0.5, 0.6) is 0 Å². The molecular weight excluding hydrogens is 754 g/mol. The van der Waals surface area contributed by atoms with Gasteiger partial charge >= 0.3 is 11.9 Å². The molecule has 9 atom stereocenters. The summed E-state index contributed by atoms with van der Waals surface area (Å²) >= 11 is 6.19. The van der Waals surface area contributed by atoms with Crippen molar-refractivity contribution in [1.82, 2.24) is 25.1 Å². The number of nitrogens with one attached hydrogen (secondary N) is 1. The normalized spacial score (nSPS) is 34.9. The predicted octanol–water partition coefficient (Wildman–Crippen LogP) is 8.64. The third kappa shape index (κ3) is 6.41. The van der Waals surface area contributed by atoms with Crippen molar-refractivity contribution >= 4 is 29.3 Å². The number of rotatable bonds is 11.